The van der Waals surface area contributed by atoms with Crippen molar-refractivity contribution in [1.29, 1.82) is 0 Å². The lowest BCUT2D eigenvalue weighted by atomic mass is 9.82. The summed E-state index contributed by atoms with van der Waals surface area (Å²) in [5, 5.41) is 0. The van der Waals surface area contributed by atoms with Gasteiger partial charge in [0, 0.05) is 5.41 Å². The predicted molar refractivity (Wildman–Crippen MR) is 58.8 cm³/mol. The van der Waals surface area contributed by atoms with Crippen LogP contribution in [0.4, 0.5) is 8.78 Å². The summed E-state index contributed by atoms with van der Waals surface area (Å²) in [4.78, 5) is 0. The van der Waals surface area contributed by atoms with Crippen LogP contribution in [0.5, 0.6) is 0 Å². The molecule has 0 aromatic heterocycles. The van der Waals surface area contributed by atoms with Gasteiger partial charge >= 0.3 is 0 Å². The van der Waals surface area contributed by atoms with Crippen LogP contribution >= 0.6 is 0 Å². The second-order valence-electron chi connectivity index (χ2n) is 3.78. The lowest BCUT2D eigenvalue weighted by Gasteiger charge is -2.22. The minimum absolute atomic E-state index is 0.292. The molecule has 80 valence electrons. The van der Waals surface area contributed by atoms with Gasteiger partial charge in [0.2, 0.25) is 0 Å². The van der Waals surface area contributed by atoms with Crippen molar-refractivity contribution in [2.75, 3.05) is 0 Å². The zero-order valence-electron chi connectivity index (χ0n) is 8.98. The molecule has 0 aliphatic rings. The molecule has 0 aliphatic heterocycles. The molecule has 0 bridgehead atoms. The zero-order chi connectivity index (χ0) is 11.6. The van der Waals surface area contributed by atoms with Gasteiger partial charge in [-0.1, -0.05) is 18.2 Å². The van der Waals surface area contributed by atoms with E-state index in [-0.39, 0.29) is 0 Å². The summed E-state index contributed by atoms with van der Waals surface area (Å²) in [6.07, 6.45) is 3.32. The minimum Gasteiger partial charge on any atom is -0.204 e. The summed E-state index contributed by atoms with van der Waals surface area (Å²) < 4.78 is 26.3. The summed E-state index contributed by atoms with van der Waals surface area (Å²) in [6, 6.07) is 2.80. The molecule has 0 nitrogen and oxygen atoms in total. The van der Waals surface area contributed by atoms with Crippen LogP contribution in [0.25, 0.3) is 0 Å². The summed E-state index contributed by atoms with van der Waals surface area (Å²) in [5.74, 6) is -1.63. The highest BCUT2D eigenvalue weighted by atomic mass is 19.2. The van der Waals surface area contributed by atoms with E-state index in [9.17, 15) is 8.78 Å². The minimum atomic E-state index is -0.833. The quantitative estimate of drug-likeness (QED) is 0.661. The second kappa shape index (κ2) is 3.97. The molecule has 2 heteroatoms. The number of hydrogen-bond acceptors (Lipinski definition) is 0. The van der Waals surface area contributed by atoms with Crippen LogP contribution in [0.1, 0.15) is 18.1 Å². The Hall–Kier alpha value is -1.44. The maximum absolute atomic E-state index is 13.2. The Bertz CT molecular complexity index is 374. The zero-order valence-corrected chi connectivity index (χ0v) is 8.98. The fourth-order valence-electron chi connectivity index (χ4n) is 1.36. The van der Waals surface area contributed by atoms with Gasteiger partial charge in [-0.3, -0.25) is 0 Å². The standard InChI is InChI=1S/C13H14F2/c1-5-13(4,6-2)10-7-9(3)12(15)11(14)8-10/h5-8H,1-2H2,3-4H3. The molecule has 1 rings (SSSR count). The lowest BCUT2D eigenvalue weighted by molar-refractivity contribution is 0.499. The monoisotopic (exact) mass is 208 g/mol. The molecule has 0 saturated carbocycles. The first-order valence-corrected chi connectivity index (χ1v) is 4.68. The fourth-order valence-corrected chi connectivity index (χ4v) is 1.36. The Kier molecular flexibility index (Phi) is 3.08. The molecule has 0 aliphatic carbocycles. The van der Waals surface area contributed by atoms with E-state index in [0.717, 1.165) is 0 Å². The number of allylic oxidation sites excluding steroid dienone is 2. The van der Waals surface area contributed by atoms with Crippen molar-refractivity contribution in [2.24, 2.45) is 0 Å². The number of aryl methyl sites for hydroxylation is 1. The third-order valence-electron chi connectivity index (χ3n) is 2.68. The van der Waals surface area contributed by atoms with E-state index in [2.05, 4.69) is 13.2 Å². The van der Waals surface area contributed by atoms with Crippen LogP contribution in [0.2, 0.25) is 0 Å². The second-order valence-corrected chi connectivity index (χ2v) is 3.78. The van der Waals surface area contributed by atoms with Gasteiger partial charge in [0.25, 0.3) is 0 Å². The van der Waals surface area contributed by atoms with Crippen molar-refractivity contribution in [3.63, 3.8) is 0 Å². The SMILES string of the molecule is C=CC(C)(C=C)c1cc(C)c(F)c(F)c1. The smallest absolute Gasteiger partial charge is 0.161 e. The van der Waals surface area contributed by atoms with E-state index in [1.807, 2.05) is 6.92 Å². The molecule has 0 unspecified atom stereocenters. The molecule has 1 aromatic carbocycles. The summed E-state index contributed by atoms with van der Waals surface area (Å²) in [5.41, 5.74) is 0.420. The van der Waals surface area contributed by atoms with E-state index >= 15 is 0 Å². The molecule has 0 heterocycles. The third kappa shape index (κ3) is 1.99. The molecule has 15 heavy (non-hydrogen) atoms. The van der Waals surface area contributed by atoms with Gasteiger partial charge in [-0.25, -0.2) is 8.78 Å². The van der Waals surface area contributed by atoms with Crippen molar-refractivity contribution in [3.05, 3.63) is 60.2 Å². The Morgan fingerprint density at radius 3 is 2.13 bits per heavy atom. The van der Waals surface area contributed by atoms with Crippen molar-refractivity contribution >= 4 is 0 Å². The Morgan fingerprint density at radius 2 is 1.73 bits per heavy atom. The molecule has 0 spiro atoms. The average molecular weight is 208 g/mol. The van der Waals surface area contributed by atoms with Crippen molar-refractivity contribution in [3.8, 4) is 0 Å². The molecule has 0 radical (unpaired) electrons. The highest BCUT2D eigenvalue weighted by Crippen LogP contribution is 2.28. The maximum Gasteiger partial charge on any atom is 0.161 e. The Labute approximate surface area is 88.9 Å². The number of rotatable bonds is 3. The van der Waals surface area contributed by atoms with Gasteiger partial charge in [0.05, 0.1) is 0 Å². The molecule has 0 fully saturated rings. The van der Waals surface area contributed by atoms with Gasteiger partial charge in [-0.15, -0.1) is 13.2 Å². The average Bonchev–Trinajstić information content (AvgIpc) is 2.24. The Morgan fingerprint density at radius 1 is 1.20 bits per heavy atom. The van der Waals surface area contributed by atoms with Crippen LogP contribution < -0.4 is 0 Å². The maximum atomic E-state index is 13.2. The third-order valence-corrected chi connectivity index (χ3v) is 2.68. The fraction of sp³-hybridized carbons (Fsp3) is 0.231. The van der Waals surface area contributed by atoms with Crippen LogP contribution in [0.3, 0.4) is 0 Å². The van der Waals surface area contributed by atoms with Gasteiger partial charge < -0.3 is 0 Å². The molecule has 0 saturated heterocycles. The number of halogens is 2. The van der Waals surface area contributed by atoms with Crippen LogP contribution in [-0.4, -0.2) is 0 Å². The van der Waals surface area contributed by atoms with Gasteiger partial charge in [-0.05, 0) is 31.0 Å². The molecular formula is C13H14F2. The topological polar surface area (TPSA) is 0 Å². The Balaban J connectivity index is 3.39. The van der Waals surface area contributed by atoms with Gasteiger partial charge in [-0.2, -0.15) is 0 Å². The predicted octanol–water partition coefficient (Wildman–Crippen LogP) is 3.90. The highest BCUT2D eigenvalue weighted by molar-refractivity contribution is 5.37. The van der Waals surface area contributed by atoms with Crippen LogP contribution in [-0.2, 0) is 5.41 Å². The summed E-state index contributed by atoms with van der Waals surface area (Å²) in [7, 11) is 0. The first-order valence-electron chi connectivity index (χ1n) is 4.68. The molecule has 0 atom stereocenters. The largest absolute Gasteiger partial charge is 0.204 e. The van der Waals surface area contributed by atoms with E-state index < -0.39 is 17.0 Å². The van der Waals surface area contributed by atoms with E-state index in [1.165, 1.54) is 13.0 Å². The molecule has 1 aromatic rings. The molecule has 0 amide bonds. The van der Waals surface area contributed by atoms with Crippen LogP contribution in [0, 0.1) is 18.6 Å². The number of hydrogen-bond donors (Lipinski definition) is 0. The van der Waals surface area contributed by atoms with Crippen molar-refractivity contribution < 1.29 is 8.78 Å². The summed E-state index contributed by atoms with van der Waals surface area (Å²) in [6.45, 7) is 10.7. The normalized spacial score (nSPS) is 11.2. The summed E-state index contributed by atoms with van der Waals surface area (Å²) >= 11 is 0. The van der Waals surface area contributed by atoms with E-state index in [0.29, 0.717) is 11.1 Å². The van der Waals surface area contributed by atoms with E-state index in [4.69, 9.17) is 0 Å². The molecular weight excluding hydrogens is 194 g/mol. The van der Waals surface area contributed by atoms with E-state index in [1.54, 1.807) is 18.2 Å². The van der Waals surface area contributed by atoms with Gasteiger partial charge in [0.15, 0.2) is 11.6 Å². The first-order chi connectivity index (χ1) is 6.94. The first kappa shape index (κ1) is 11.6. The number of benzene rings is 1. The van der Waals surface area contributed by atoms with Crippen molar-refractivity contribution in [2.45, 2.75) is 19.3 Å². The lowest BCUT2D eigenvalue weighted by Crippen LogP contribution is -2.15. The molecule has 0 N–H and O–H groups in total. The van der Waals surface area contributed by atoms with Gasteiger partial charge in [0.1, 0.15) is 0 Å². The highest BCUT2D eigenvalue weighted by Gasteiger charge is 2.21. The van der Waals surface area contributed by atoms with Crippen molar-refractivity contribution in [1.82, 2.24) is 0 Å². The van der Waals surface area contributed by atoms with Crippen LogP contribution in [0.15, 0.2) is 37.4 Å².